The highest BCUT2D eigenvalue weighted by atomic mass is 16.5. The van der Waals surface area contributed by atoms with Crippen molar-refractivity contribution in [1.82, 2.24) is 0 Å². The van der Waals surface area contributed by atoms with Gasteiger partial charge in [0.05, 0.1) is 17.7 Å². The van der Waals surface area contributed by atoms with Crippen LogP contribution in [0.2, 0.25) is 0 Å². The van der Waals surface area contributed by atoms with E-state index in [1.807, 2.05) is 26.0 Å². The number of benzene rings is 1. The van der Waals surface area contributed by atoms with Crippen molar-refractivity contribution < 1.29 is 9.53 Å². The molecule has 0 aliphatic carbocycles. The van der Waals surface area contributed by atoms with Crippen LogP contribution in [0.5, 0.6) is 0 Å². The number of nitrogens with zero attached hydrogens (tertiary/aromatic N) is 2. The maximum atomic E-state index is 11.4. The van der Waals surface area contributed by atoms with Crippen LogP contribution in [-0.4, -0.2) is 12.7 Å². The molecule has 0 bridgehead atoms. The fraction of sp³-hybridized carbons (Fsp3) is 0.308. The number of amides is 1. The Bertz CT molecular complexity index is 524. The molecule has 1 aromatic carbocycles. The average molecular weight is 243 g/mol. The van der Waals surface area contributed by atoms with Gasteiger partial charge in [0.2, 0.25) is 0 Å². The molecule has 1 amide bonds. The highest BCUT2D eigenvalue weighted by Crippen LogP contribution is 2.14. The Kier molecular flexibility index (Phi) is 4.71. The Morgan fingerprint density at radius 3 is 2.56 bits per heavy atom. The fourth-order valence-corrected chi connectivity index (χ4v) is 1.21. The standard InChI is InChI=1S/C13H13N3O2/c1-9(2)8-18-13(17)16-12-4-3-10(6-14)11(5-12)7-15/h3-5,9H,8H2,1-2H3,(H,16,17). The maximum absolute atomic E-state index is 11.4. The fourth-order valence-electron chi connectivity index (χ4n) is 1.21. The van der Waals surface area contributed by atoms with E-state index in [1.165, 1.54) is 12.1 Å². The molecule has 0 unspecified atom stereocenters. The summed E-state index contributed by atoms with van der Waals surface area (Å²) in [6, 6.07) is 8.27. The molecule has 0 spiro atoms. The van der Waals surface area contributed by atoms with Gasteiger partial charge in [-0.25, -0.2) is 4.79 Å². The van der Waals surface area contributed by atoms with Crippen LogP contribution in [0.15, 0.2) is 18.2 Å². The van der Waals surface area contributed by atoms with Crippen LogP contribution >= 0.6 is 0 Å². The molecule has 0 radical (unpaired) electrons. The van der Waals surface area contributed by atoms with E-state index >= 15 is 0 Å². The largest absolute Gasteiger partial charge is 0.449 e. The predicted octanol–water partition coefficient (Wildman–Crippen LogP) is 2.63. The molecule has 0 saturated carbocycles. The summed E-state index contributed by atoms with van der Waals surface area (Å²) >= 11 is 0. The molecule has 92 valence electrons. The Hall–Kier alpha value is -2.53. The zero-order chi connectivity index (χ0) is 13.5. The van der Waals surface area contributed by atoms with Gasteiger partial charge in [0, 0.05) is 5.69 Å². The second-order valence-electron chi connectivity index (χ2n) is 4.10. The summed E-state index contributed by atoms with van der Waals surface area (Å²) in [6.45, 7) is 4.19. The lowest BCUT2D eigenvalue weighted by molar-refractivity contribution is 0.147. The maximum Gasteiger partial charge on any atom is 0.411 e. The van der Waals surface area contributed by atoms with Crippen molar-refractivity contribution in [2.45, 2.75) is 13.8 Å². The van der Waals surface area contributed by atoms with Crippen molar-refractivity contribution in [3.8, 4) is 12.1 Å². The van der Waals surface area contributed by atoms with E-state index in [1.54, 1.807) is 6.07 Å². The van der Waals surface area contributed by atoms with E-state index in [4.69, 9.17) is 15.3 Å². The molecule has 1 rings (SSSR count). The quantitative estimate of drug-likeness (QED) is 0.884. The zero-order valence-electron chi connectivity index (χ0n) is 10.2. The third-order valence-electron chi connectivity index (χ3n) is 2.05. The van der Waals surface area contributed by atoms with Crippen LogP contribution in [0.25, 0.3) is 0 Å². The molecule has 0 atom stereocenters. The van der Waals surface area contributed by atoms with Crippen LogP contribution in [0.4, 0.5) is 10.5 Å². The molecule has 0 fully saturated rings. The minimum absolute atomic E-state index is 0.221. The first-order valence-electron chi connectivity index (χ1n) is 5.45. The number of rotatable bonds is 3. The van der Waals surface area contributed by atoms with E-state index < -0.39 is 6.09 Å². The number of nitrogens with one attached hydrogen (secondary N) is 1. The molecule has 0 aromatic heterocycles. The topological polar surface area (TPSA) is 85.9 Å². The Labute approximate surface area is 106 Å². The van der Waals surface area contributed by atoms with Gasteiger partial charge < -0.3 is 4.74 Å². The summed E-state index contributed by atoms with van der Waals surface area (Å²) in [6.07, 6.45) is -0.572. The van der Waals surface area contributed by atoms with Crippen molar-refractivity contribution in [3.63, 3.8) is 0 Å². The first kappa shape index (κ1) is 13.5. The second kappa shape index (κ2) is 6.27. The normalized spacial score (nSPS) is 9.39. The van der Waals surface area contributed by atoms with E-state index in [9.17, 15) is 4.79 Å². The van der Waals surface area contributed by atoms with Crippen molar-refractivity contribution >= 4 is 11.8 Å². The molecule has 18 heavy (non-hydrogen) atoms. The van der Waals surface area contributed by atoms with E-state index in [2.05, 4.69) is 5.32 Å². The van der Waals surface area contributed by atoms with Crippen LogP contribution in [0.1, 0.15) is 25.0 Å². The minimum atomic E-state index is -0.572. The van der Waals surface area contributed by atoms with Crippen molar-refractivity contribution in [1.29, 1.82) is 10.5 Å². The lowest BCUT2D eigenvalue weighted by Gasteiger charge is -2.09. The van der Waals surface area contributed by atoms with Gasteiger partial charge in [0.15, 0.2) is 0 Å². The molecule has 1 aromatic rings. The van der Waals surface area contributed by atoms with Crippen molar-refractivity contribution in [2.24, 2.45) is 5.92 Å². The van der Waals surface area contributed by atoms with E-state index in [0.717, 1.165) is 0 Å². The molecular formula is C13H13N3O2. The van der Waals surface area contributed by atoms with Gasteiger partial charge in [-0.1, -0.05) is 13.8 Å². The Morgan fingerprint density at radius 1 is 1.33 bits per heavy atom. The smallest absolute Gasteiger partial charge is 0.411 e. The summed E-state index contributed by atoms with van der Waals surface area (Å²) < 4.78 is 4.94. The van der Waals surface area contributed by atoms with Gasteiger partial charge in [-0.15, -0.1) is 0 Å². The van der Waals surface area contributed by atoms with Crippen molar-refractivity contribution in [2.75, 3.05) is 11.9 Å². The number of carbonyl (C=O) groups is 1. The van der Waals surface area contributed by atoms with Gasteiger partial charge in [0.25, 0.3) is 0 Å². The average Bonchev–Trinajstić information content (AvgIpc) is 2.36. The highest BCUT2D eigenvalue weighted by Gasteiger charge is 2.07. The van der Waals surface area contributed by atoms with Gasteiger partial charge in [-0.2, -0.15) is 10.5 Å². The molecule has 5 nitrogen and oxygen atoms in total. The molecule has 0 heterocycles. The first-order chi connectivity index (χ1) is 8.56. The number of carbonyl (C=O) groups excluding carboxylic acids is 1. The molecule has 0 aliphatic rings. The SMILES string of the molecule is CC(C)COC(=O)Nc1ccc(C#N)c(C#N)c1. The lowest BCUT2D eigenvalue weighted by atomic mass is 10.1. The number of hydrogen-bond acceptors (Lipinski definition) is 4. The molecule has 0 aliphatic heterocycles. The molecular weight excluding hydrogens is 230 g/mol. The minimum Gasteiger partial charge on any atom is -0.449 e. The van der Waals surface area contributed by atoms with Crippen LogP contribution in [0.3, 0.4) is 0 Å². The van der Waals surface area contributed by atoms with E-state index in [0.29, 0.717) is 12.3 Å². The summed E-state index contributed by atoms with van der Waals surface area (Å²) in [4.78, 5) is 11.4. The first-order valence-corrected chi connectivity index (χ1v) is 5.45. The van der Waals surface area contributed by atoms with Gasteiger partial charge >= 0.3 is 6.09 Å². The molecule has 1 N–H and O–H groups in total. The lowest BCUT2D eigenvalue weighted by Crippen LogP contribution is -2.16. The summed E-state index contributed by atoms with van der Waals surface area (Å²) in [5, 5.41) is 20.1. The number of anilines is 1. The number of ether oxygens (including phenoxy) is 1. The summed E-state index contributed by atoms with van der Waals surface area (Å²) in [5.74, 6) is 0.256. The predicted molar refractivity (Wildman–Crippen MR) is 65.7 cm³/mol. The number of nitriles is 2. The molecule has 0 saturated heterocycles. The Morgan fingerprint density at radius 2 is 2.00 bits per heavy atom. The third-order valence-corrected chi connectivity index (χ3v) is 2.05. The highest BCUT2D eigenvalue weighted by molar-refractivity contribution is 5.85. The molecule has 5 heteroatoms. The zero-order valence-corrected chi connectivity index (χ0v) is 10.2. The summed E-state index contributed by atoms with van der Waals surface area (Å²) in [7, 11) is 0. The summed E-state index contributed by atoms with van der Waals surface area (Å²) in [5.41, 5.74) is 0.928. The second-order valence-corrected chi connectivity index (χ2v) is 4.10. The van der Waals surface area contributed by atoms with Crippen LogP contribution in [-0.2, 0) is 4.74 Å². The number of hydrogen-bond donors (Lipinski definition) is 1. The van der Waals surface area contributed by atoms with Crippen LogP contribution in [0, 0.1) is 28.6 Å². The van der Waals surface area contributed by atoms with E-state index in [-0.39, 0.29) is 17.0 Å². The van der Waals surface area contributed by atoms with Gasteiger partial charge in [0.1, 0.15) is 12.1 Å². The van der Waals surface area contributed by atoms with Crippen molar-refractivity contribution in [3.05, 3.63) is 29.3 Å². The third kappa shape index (κ3) is 3.80. The Balaban J connectivity index is 2.72. The van der Waals surface area contributed by atoms with Crippen LogP contribution < -0.4 is 5.32 Å². The van der Waals surface area contributed by atoms with Gasteiger partial charge in [-0.05, 0) is 24.1 Å². The van der Waals surface area contributed by atoms with Gasteiger partial charge in [-0.3, -0.25) is 5.32 Å². The monoisotopic (exact) mass is 243 g/mol.